The number of hydrogen-bond acceptors (Lipinski definition) is 3. The SMILES string of the molecule is Cc1cc(C)c(C(=O)NCCN(C)CCNC(=O)c2c(C)cc(C)cc2C)c(C)c1. The second-order valence-corrected chi connectivity index (χ2v) is 8.36. The number of rotatable bonds is 8. The highest BCUT2D eigenvalue weighted by Gasteiger charge is 2.14. The van der Waals surface area contributed by atoms with Gasteiger partial charge in [0, 0.05) is 37.3 Å². The first-order valence-corrected chi connectivity index (χ1v) is 10.5. The third kappa shape index (κ3) is 6.17. The van der Waals surface area contributed by atoms with E-state index in [1.165, 1.54) is 11.1 Å². The van der Waals surface area contributed by atoms with Crippen LogP contribution in [-0.4, -0.2) is 49.9 Å². The molecule has 5 nitrogen and oxygen atoms in total. The minimum Gasteiger partial charge on any atom is -0.351 e. The summed E-state index contributed by atoms with van der Waals surface area (Å²) in [5.41, 5.74) is 7.87. The summed E-state index contributed by atoms with van der Waals surface area (Å²) in [4.78, 5) is 27.2. The van der Waals surface area contributed by atoms with Gasteiger partial charge in [-0.3, -0.25) is 9.59 Å². The second kappa shape index (κ2) is 10.4. The predicted molar refractivity (Wildman–Crippen MR) is 123 cm³/mol. The molecule has 5 heteroatoms. The number of amides is 2. The topological polar surface area (TPSA) is 61.4 Å². The molecule has 0 aliphatic heterocycles. The van der Waals surface area contributed by atoms with Gasteiger partial charge in [-0.25, -0.2) is 0 Å². The lowest BCUT2D eigenvalue weighted by molar-refractivity contribution is 0.0947. The Bertz CT molecular complexity index is 812. The monoisotopic (exact) mass is 409 g/mol. The summed E-state index contributed by atoms with van der Waals surface area (Å²) in [6, 6.07) is 8.14. The molecule has 0 atom stereocenters. The van der Waals surface area contributed by atoms with Crippen molar-refractivity contribution in [1.82, 2.24) is 15.5 Å². The zero-order valence-corrected chi connectivity index (χ0v) is 19.4. The van der Waals surface area contributed by atoms with Gasteiger partial charge < -0.3 is 15.5 Å². The van der Waals surface area contributed by atoms with Crippen LogP contribution >= 0.6 is 0 Å². The van der Waals surface area contributed by atoms with Crippen LogP contribution in [0.1, 0.15) is 54.1 Å². The Morgan fingerprint density at radius 1 is 0.667 bits per heavy atom. The van der Waals surface area contributed by atoms with Crippen molar-refractivity contribution in [3.05, 3.63) is 68.8 Å². The van der Waals surface area contributed by atoms with Crippen molar-refractivity contribution in [3.63, 3.8) is 0 Å². The van der Waals surface area contributed by atoms with Crippen molar-refractivity contribution in [2.75, 3.05) is 33.2 Å². The van der Waals surface area contributed by atoms with Crippen LogP contribution in [0.15, 0.2) is 24.3 Å². The van der Waals surface area contributed by atoms with Crippen molar-refractivity contribution in [1.29, 1.82) is 0 Å². The zero-order valence-electron chi connectivity index (χ0n) is 19.4. The van der Waals surface area contributed by atoms with Crippen molar-refractivity contribution in [3.8, 4) is 0 Å². The first-order valence-electron chi connectivity index (χ1n) is 10.5. The van der Waals surface area contributed by atoms with Gasteiger partial charge in [-0.2, -0.15) is 0 Å². The fraction of sp³-hybridized carbons (Fsp3) is 0.440. The highest BCUT2D eigenvalue weighted by molar-refractivity contribution is 5.97. The number of carbonyl (C=O) groups is 2. The molecule has 0 bridgehead atoms. The molecule has 0 saturated heterocycles. The van der Waals surface area contributed by atoms with Gasteiger partial charge in [-0.05, 0) is 70.8 Å². The van der Waals surface area contributed by atoms with Crippen LogP contribution < -0.4 is 10.6 Å². The number of likely N-dealkylation sites (N-methyl/N-ethyl adjacent to an activating group) is 1. The molecule has 162 valence electrons. The Labute approximate surface area is 180 Å². The van der Waals surface area contributed by atoms with Gasteiger partial charge in [0.25, 0.3) is 11.8 Å². The van der Waals surface area contributed by atoms with E-state index in [1.807, 2.05) is 72.9 Å². The molecule has 30 heavy (non-hydrogen) atoms. The second-order valence-electron chi connectivity index (χ2n) is 8.36. The molecule has 2 N–H and O–H groups in total. The first-order chi connectivity index (χ1) is 14.1. The Kier molecular flexibility index (Phi) is 8.18. The Morgan fingerprint density at radius 3 is 1.27 bits per heavy atom. The minimum absolute atomic E-state index is 0.0305. The maximum absolute atomic E-state index is 12.5. The molecule has 0 heterocycles. The Hall–Kier alpha value is -2.66. The van der Waals surface area contributed by atoms with Gasteiger partial charge in [-0.1, -0.05) is 35.4 Å². The third-order valence-corrected chi connectivity index (χ3v) is 5.37. The molecule has 2 amide bonds. The molecule has 0 aromatic heterocycles. The van der Waals surface area contributed by atoms with E-state index in [1.54, 1.807) is 0 Å². The Balaban J connectivity index is 1.77. The fourth-order valence-electron chi connectivity index (χ4n) is 4.09. The molecular formula is C25H35N3O2. The lowest BCUT2D eigenvalue weighted by atomic mass is 9.99. The number of benzene rings is 2. The summed E-state index contributed by atoms with van der Waals surface area (Å²) in [5, 5.41) is 6.02. The van der Waals surface area contributed by atoms with Gasteiger partial charge >= 0.3 is 0 Å². The van der Waals surface area contributed by atoms with E-state index < -0.39 is 0 Å². The maximum Gasteiger partial charge on any atom is 0.251 e. The molecule has 0 aliphatic rings. The molecule has 0 aliphatic carbocycles. The standard InChI is InChI=1S/C25H35N3O2/c1-16-12-18(3)22(19(4)13-16)24(29)26-8-10-28(7)11-9-27-25(30)23-20(5)14-17(2)15-21(23)6/h12-15H,8-11H2,1-7H3,(H,26,29)(H,27,30). The van der Waals surface area contributed by atoms with Crippen LogP contribution in [0.25, 0.3) is 0 Å². The quantitative estimate of drug-likeness (QED) is 0.700. The summed E-state index contributed by atoms with van der Waals surface area (Å²) < 4.78 is 0. The first kappa shape index (κ1) is 23.6. The summed E-state index contributed by atoms with van der Waals surface area (Å²) >= 11 is 0. The molecule has 2 rings (SSSR count). The lowest BCUT2D eigenvalue weighted by Gasteiger charge is -2.18. The molecule has 0 saturated carbocycles. The summed E-state index contributed by atoms with van der Waals surface area (Å²) in [6.45, 7) is 14.5. The van der Waals surface area contributed by atoms with Gasteiger partial charge in [-0.15, -0.1) is 0 Å². The third-order valence-electron chi connectivity index (χ3n) is 5.37. The molecule has 0 unspecified atom stereocenters. The van der Waals surface area contributed by atoms with Gasteiger partial charge in [0.05, 0.1) is 0 Å². The number of aryl methyl sites for hydroxylation is 6. The molecule has 2 aromatic rings. The molecule has 0 spiro atoms. The highest BCUT2D eigenvalue weighted by atomic mass is 16.2. The zero-order chi connectivity index (χ0) is 22.4. The molecule has 2 aromatic carbocycles. The smallest absolute Gasteiger partial charge is 0.251 e. The van der Waals surface area contributed by atoms with Crippen molar-refractivity contribution in [2.24, 2.45) is 0 Å². The molecule has 0 radical (unpaired) electrons. The van der Waals surface area contributed by atoms with E-state index in [9.17, 15) is 9.59 Å². The number of carbonyl (C=O) groups excluding carboxylic acids is 2. The van der Waals surface area contributed by atoms with E-state index >= 15 is 0 Å². The van der Waals surface area contributed by atoms with E-state index in [0.717, 1.165) is 33.4 Å². The van der Waals surface area contributed by atoms with Crippen molar-refractivity contribution in [2.45, 2.75) is 41.5 Å². The van der Waals surface area contributed by atoms with Gasteiger partial charge in [0.1, 0.15) is 0 Å². The normalized spacial score (nSPS) is 10.9. The van der Waals surface area contributed by atoms with Crippen LogP contribution in [0.5, 0.6) is 0 Å². The lowest BCUT2D eigenvalue weighted by Crippen LogP contribution is -2.38. The average molecular weight is 410 g/mol. The summed E-state index contributed by atoms with van der Waals surface area (Å²) in [5.74, 6) is -0.0611. The van der Waals surface area contributed by atoms with E-state index in [-0.39, 0.29) is 11.8 Å². The fourth-order valence-corrected chi connectivity index (χ4v) is 4.09. The van der Waals surface area contributed by atoms with E-state index in [0.29, 0.717) is 26.2 Å². The summed E-state index contributed by atoms with van der Waals surface area (Å²) in [6.07, 6.45) is 0. The summed E-state index contributed by atoms with van der Waals surface area (Å²) in [7, 11) is 1.99. The molecule has 0 fully saturated rings. The largest absolute Gasteiger partial charge is 0.351 e. The maximum atomic E-state index is 12.5. The number of nitrogens with zero attached hydrogens (tertiary/aromatic N) is 1. The van der Waals surface area contributed by atoms with Crippen LogP contribution in [0.4, 0.5) is 0 Å². The number of hydrogen-bond donors (Lipinski definition) is 2. The van der Waals surface area contributed by atoms with E-state index in [4.69, 9.17) is 0 Å². The van der Waals surface area contributed by atoms with Crippen LogP contribution in [0.3, 0.4) is 0 Å². The average Bonchev–Trinajstić information content (AvgIpc) is 2.59. The van der Waals surface area contributed by atoms with Crippen molar-refractivity contribution < 1.29 is 9.59 Å². The Morgan fingerprint density at radius 2 is 0.967 bits per heavy atom. The predicted octanol–water partition coefficient (Wildman–Crippen LogP) is 3.63. The van der Waals surface area contributed by atoms with Crippen LogP contribution in [0.2, 0.25) is 0 Å². The highest BCUT2D eigenvalue weighted by Crippen LogP contribution is 2.17. The van der Waals surface area contributed by atoms with Crippen LogP contribution in [0, 0.1) is 41.5 Å². The molecular weight excluding hydrogens is 374 g/mol. The number of nitrogens with one attached hydrogen (secondary N) is 2. The van der Waals surface area contributed by atoms with Crippen molar-refractivity contribution >= 4 is 11.8 Å². The van der Waals surface area contributed by atoms with Gasteiger partial charge in [0.2, 0.25) is 0 Å². The van der Waals surface area contributed by atoms with Crippen LogP contribution in [-0.2, 0) is 0 Å². The van der Waals surface area contributed by atoms with E-state index in [2.05, 4.69) is 15.5 Å². The minimum atomic E-state index is -0.0305. The van der Waals surface area contributed by atoms with Gasteiger partial charge in [0.15, 0.2) is 0 Å².